The van der Waals surface area contributed by atoms with Crippen LogP contribution >= 0.6 is 23.2 Å². The summed E-state index contributed by atoms with van der Waals surface area (Å²) in [5.41, 5.74) is -0.939. The fraction of sp³-hybridized carbons (Fsp3) is 0.382. The van der Waals surface area contributed by atoms with Crippen LogP contribution in [0.15, 0.2) is 54.6 Å². The zero-order valence-corrected chi connectivity index (χ0v) is 26.7. The molecule has 0 radical (unpaired) electrons. The van der Waals surface area contributed by atoms with Crippen LogP contribution in [0.5, 0.6) is 5.75 Å². The highest BCUT2D eigenvalue weighted by Gasteiger charge is 2.59. The van der Waals surface area contributed by atoms with Gasteiger partial charge in [0.2, 0.25) is 5.91 Å². The molecule has 3 aromatic rings. The highest BCUT2D eigenvalue weighted by atomic mass is 35.5. The summed E-state index contributed by atoms with van der Waals surface area (Å²) in [6, 6.07) is 14.6. The average Bonchev–Trinajstić information content (AvgIpc) is 3.29. The van der Waals surface area contributed by atoms with E-state index in [-0.39, 0.29) is 57.4 Å². The van der Waals surface area contributed by atoms with Crippen molar-refractivity contribution in [1.82, 2.24) is 4.90 Å². The van der Waals surface area contributed by atoms with E-state index in [1.165, 1.54) is 43.4 Å². The topological polar surface area (TPSA) is 79.6 Å². The number of halogens is 4. The van der Waals surface area contributed by atoms with Gasteiger partial charge in [0.15, 0.2) is 0 Å². The van der Waals surface area contributed by atoms with E-state index in [4.69, 9.17) is 32.7 Å². The number of hydrogen-bond acceptors (Lipinski definition) is 5. The summed E-state index contributed by atoms with van der Waals surface area (Å²) in [5, 5.41) is 11.0. The third-order valence-electron chi connectivity index (χ3n) is 8.12. The monoisotopic (exact) mass is 642 g/mol. The second-order valence-electron chi connectivity index (χ2n) is 12.2. The molecule has 4 rings (SSSR count). The molecule has 6 nitrogen and oxygen atoms in total. The summed E-state index contributed by atoms with van der Waals surface area (Å²) >= 11 is 12.3. The SMILES string of the molecule is COC(=O)c1ccc(CCC(=O)N2C[C@@H](CC(C)(C)C)[C@](C#N)(c3ccc(Cl)cc3F)[C@H]2c2cccc(Cl)c2F)cc1OC. The van der Waals surface area contributed by atoms with Crippen molar-refractivity contribution >= 4 is 35.1 Å². The maximum absolute atomic E-state index is 15.8. The molecule has 232 valence electrons. The lowest BCUT2D eigenvalue weighted by Crippen LogP contribution is -2.41. The van der Waals surface area contributed by atoms with Gasteiger partial charge in [0.1, 0.15) is 28.4 Å². The summed E-state index contributed by atoms with van der Waals surface area (Å²) in [6.07, 6.45) is 0.695. The zero-order chi connectivity index (χ0) is 32.4. The molecule has 0 N–H and O–H groups in total. The number of carbonyl (C=O) groups is 2. The highest BCUT2D eigenvalue weighted by molar-refractivity contribution is 6.31. The average molecular weight is 644 g/mol. The quantitative estimate of drug-likeness (QED) is 0.232. The van der Waals surface area contributed by atoms with Gasteiger partial charge in [0.05, 0.1) is 31.4 Å². The Morgan fingerprint density at radius 2 is 1.82 bits per heavy atom. The molecule has 1 amide bonds. The van der Waals surface area contributed by atoms with Gasteiger partial charge in [-0.3, -0.25) is 4.79 Å². The summed E-state index contributed by atoms with van der Waals surface area (Å²) in [5.74, 6) is -2.65. The van der Waals surface area contributed by atoms with Gasteiger partial charge in [-0.2, -0.15) is 5.26 Å². The number of esters is 1. The van der Waals surface area contributed by atoms with Crippen molar-refractivity contribution in [1.29, 1.82) is 5.26 Å². The molecule has 10 heteroatoms. The van der Waals surface area contributed by atoms with E-state index in [0.717, 1.165) is 6.07 Å². The fourth-order valence-corrected chi connectivity index (χ4v) is 6.62. The Bertz CT molecular complexity index is 1620. The predicted octanol–water partition coefficient (Wildman–Crippen LogP) is 8.10. The van der Waals surface area contributed by atoms with Gasteiger partial charge >= 0.3 is 5.97 Å². The minimum absolute atomic E-state index is 0.00768. The molecular weight excluding hydrogens is 609 g/mol. The van der Waals surface area contributed by atoms with Crippen LogP contribution in [0.2, 0.25) is 10.0 Å². The second-order valence-corrected chi connectivity index (χ2v) is 13.0. The van der Waals surface area contributed by atoms with Gasteiger partial charge in [-0.15, -0.1) is 0 Å². The molecule has 0 spiro atoms. The molecule has 3 atom stereocenters. The third kappa shape index (κ3) is 6.40. The van der Waals surface area contributed by atoms with Gasteiger partial charge in [-0.25, -0.2) is 13.6 Å². The molecule has 3 aromatic carbocycles. The van der Waals surface area contributed by atoms with E-state index < -0.39 is 35.0 Å². The lowest BCUT2D eigenvalue weighted by molar-refractivity contribution is -0.132. The molecule has 0 aliphatic carbocycles. The van der Waals surface area contributed by atoms with E-state index in [9.17, 15) is 14.9 Å². The lowest BCUT2D eigenvalue weighted by Gasteiger charge is -2.38. The fourth-order valence-electron chi connectivity index (χ4n) is 6.28. The highest BCUT2D eigenvalue weighted by Crippen LogP contribution is 2.56. The molecule has 1 saturated heterocycles. The van der Waals surface area contributed by atoms with Crippen LogP contribution in [0.25, 0.3) is 0 Å². The van der Waals surface area contributed by atoms with Gasteiger partial charge < -0.3 is 14.4 Å². The molecule has 0 saturated carbocycles. The van der Waals surface area contributed by atoms with Gasteiger partial charge in [0, 0.05) is 35.0 Å². The Balaban J connectivity index is 1.83. The number of methoxy groups -OCH3 is 2. The summed E-state index contributed by atoms with van der Waals surface area (Å²) in [4.78, 5) is 27.7. The van der Waals surface area contributed by atoms with Crippen molar-refractivity contribution in [3.63, 3.8) is 0 Å². The Morgan fingerprint density at radius 1 is 1.09 bits per heavy atom. The number of likely N-dealkylation sites (tertiary alicyclic amines) is 1. The second kappa shape index (κ2) is 13.1. The number of ether oxygens (including phenoxy) is 2. The Labute approximate surface area is 266 Å². The van der Waals surface area contributed by atoms with E-state index in [1.807, 2.05) is 20.8 Å². The third-order valence-corrected chi connectivity index (χ3v) is 8.65. The molecular formula is C34H34Cl2F2N2O4. The maximum Gasteiger partial charge on any atom is 0.341 e. The largest absolute Gasteiger partial charge is 0.496 e. The summed E-state index contributed by atoms with van der Waals surface area (Å²) in [6.45, 7) is 6.08. The van der Waals surface area contributed by atoms with Crippen molar-refractivity contribution < 1.29 is 27.8 Å². The number of aryl methyl sites for hydroxylation is 1. The lowest BCUT2D eigenvalue weighted by atomic mass is 9.63. The van der Waals surface area contributed by atoms with Crippen LogP contribution in [-0.2, 0) is 21.4 Å². The van der Waals surface area contributed by atoms with Crippen LogP contribution in [0.3, 0.4) is 0 Å². The van der Waals surface area contributed by atoms with Gasteiger partial charge in [0.25, 0.3) is 0 Å². The van der Waals surface area contributed by atoms with Crippen molar-refractivity contribution in [2.45, 2.75) is 51.5 Å². The first-order chi connectivity index (χ1) is 20.8. The summed E-state index contributed by atoms with van der Waals surface area (Å²) < 4.78 is 41.8. The first-order valence-corrected chi connectivity index (χ1v) is 14.9. The Kier molecular flexibility index (Phi) is 9.92. The minimum Gasteiger partial charge on any atom is -0.496 e. The number of amides is 1. The Hall–Kier alpha value is -3.67. The molecule has 1 aliphatic heterocycles. The van der Waals surface area contributed by atoms with E-state index in [0.29, 0.717) is 17.7 Å². The summed E-state index contributed by atoms with van der Waals surface area (Å²) in [7, 11) is 2.70. The number of benzene rings is 3. The number of nitriles is 1. The molecule has 1 fully saturated rings. The molecule has 0 unspecified atom stereocenters. The molecule has 44 heavy (non-hydrogen) atoms. The number of rotatable bonds is 8. The van der Waals surface area contributed by atoms with Crippen molar-refractivity contribution in [2.24, 2.45) is 11.3 Å². The molecule has 1 heterocycles. The smallest absolute Gasteiger partial charge is 0.341 e. The molecule has 1 aliphatic rings. The van der Waals surface area contributed by atoms with Crippen molar-refractivity contribution in [3.05, 3.63) is 98.5 Å². The van der Waals surface area contributed by atoms with Crippen LogP contribution in [-0.4, -0.2) is 37.5 Å². The molecule has 0 aromatic heterocycles. The van der Waals surface area contributed by atoms with E-state index >= 15 is 8.78 Å². The van der Waals surface area contributed by atoms with Crippen LogP contribution in [0.4, 0.5) is 8.78 Å². The van der Waals surface area contributed by atoms with E-state index in [2.05, 4.69) is 6.07 Å². The first-order valence-electron chi connectivity index (χ1n) is 14.1. The molecule has 0 bridgehead atoms. The predicted molar refractivity (Wildman–Crippen MR) is 165 cm³/mol. The van der Waals surface area contributed by atoms with Crippen molar-refractivity contribution in [3.8, 4) is 11.8 Å². The Morgan fingerprint density at radius 3 is 2.43 bits per heavy atom. The van der Waals surface area contributed by atoms with Gasteiger partial charge in [-0.1, -0.05) is 68.2 Å². The zero-order valence-electron chi connectivity index (χ0n) is 25.2. The normalized spacial score (nSPS) is 19.9. The van der Waals surface area contributed by atoms with Gasteiger partial charge in [-0.05, 0) is 54.2 Å². The standard InChI is InChI=1S/C34H34Cl2F2N2O4/c1-33(2,3)17-21-18-40(29(41)14-10-20-9-12-23(32(42)44-5)28(15-20)43-4)31(24-7-6-8-26(36)30(24)38)34(21,19-39)25-13-11-22(35)16-27(25)37/h6-9,11-13,15-16,21,31H,10,14,17-18H2,1-5H3/t21-,31-,34-/m1/s1. The first kappa shape index (κ1) is 33.2. The number of nitrogens with zero attached hydrogens (tertiary/aromatic N) is 2. The van der Waals surface area contributed by atoms with E-state index in [1.54, 1.807) is 24.3 Å². The van der Waals surface area contributed by atoms with Crippen LogP contribution < -0.4 is 4.74 Å². The van der Waals surface area contributed by atoms with Crippen molar-refractivity contribution in [2.75, 3.05) is 20.8 Å². The minimum atomic E-state index is -1.66. The number of carbonyl (C=O) groups excluding carboxylic acids is 2. The van der Waals surface area contributed by atoms with Crippen LogP contribution in [0.1, 0.15) is 66.7 Å². The maximum atomic E-state index is 15.8. The number of hydrogen-bond donors (Lipinski definition) is 0. The van der Waals surface area contributed by atoms with Crippen LogP contribution in [0, 0.1) is 34.3 Å².